The van der Waals surface area contributed by atoms with E-state index in [-0.39, 0.29) is 12.1 Å². The van der Waals surface area contributed by atoms with Crippen LogP contribution in [0.2, 0.25) is 0 Å². The van der Waals surface area contributed by atoms with Gasteiger partial charge >= 0.3 is 6.03 Å². The van der Waals surface area contributed by atoms with Crippen LogP contribution in [0.15, 0.2) is 42.6 Å². The molecule has 6 nitrogen and oxygen atoms in total. The largest absolute Gasteiger partial charge is 0.335 e. The number of piperidine rings is 1. The quantitative estimate of drug-likeness (QED) is 0.906. The van der Waals surface area contributed by atoms with E-state index in [1.807, 2.05) is 43.5 Å². The third-order valence-corrected chi connectivity index (χ3v) is 4.16. The Morgan fingerprint density at radius 1 is 1.21 bits per heavy atom. The van der Waals surface area contributed by atoms with Crippen molar-refractivity contribution >= 4 is 11.8 Å². The molecule has 0 atom stereocenters. The van der Waals surface area contributed by atoms with Crippen LogP contribution in [0.25, 0.3) is 0 Å². The number of pyridine rings is 2. The Bertz CT molecular complexity index is 668. The summed E-state index contributed by atoms with van der Waals surface area (Å²) in [6.07, 6.45) is 3.72. The van der Waals surface area contributed by atoms with Crippen LogP contribution in [0, 0.1) is 6.92 Å². The topological polar surface area (TPSA) is 70.2 Å². The fraction of sp³-hybridized carbons (Fsp3) is 0.389. The molecule has 0 saturated carbocycles. The molecular weight excluding hydrogens is 302 g/mol. The van der Waals surface area contributed by atoms with Gasteiger partial charge in [0.25, 0.3) is 0 Å². The number of anilines is 1. The van der Waals surface area contributed by atoms with Crippen LogP contribution in [0.3, 0.4) is 0 Å². The molecule has 0 spiro atoms. The van der Waals surface area contributed by atoms with Gasteiger partial charge < -0.3 is 5.32 Å². The van der Waals surface area contributed by atoms with Crippen LogP contribution < -0.4 is 10.6 Å². The molecule has 2 amide bonds. The van der Waals surface area contributed by atoms with E-state index in [9.17, 15) is 4.79 Å². The molecule has 6 heteroatoms. The van der Waals surface area contributed by atoms with E-state index < -0.39 is 0 Å². The summed E-state index contributed by atoms with van der Waals surface area (Å²) in [5.41, 5.74) is 1.97. The zero-order valence-electron chi connectivity index (χ0n) is 13.9. The fourth-order valence-electron chi connectivity index (χ4n) is 2.91. The lowest BCUT2D eigenvalue weighted by atomic mass is 10.1. The number of carbonyl (C=O) groups is 1. The number of hydrogen-bond acceptors (Lipinski definition) is 4. The van der Waals surface area contributed by atoms with Crippen molar-refractivity contribution in [1.82, 2.24) is 20.2 Å². The lowest BCUT2D eigenvalue weighted by Crippen LogP contribution is -2.45. The number of hydrogen-bond donors (Lipinski definition) is 2. The molecule has 3 rings (SSSR count). The summed E-state index contributed by atoms with van der Waals surface area (Å²) in [6.45, 7) is 4.70. The maximum Gasteiger partial charge on any atom is 0.320 e. The molecule has 0 radical (unpaired) electrons. The average molecular weight is 325 g/mol. The first-order valence-corrected chi connectivity index (χ1v) is 8.32. The Hall–Kier alpha value is -2.47. The molecule has 126 valence electrons. The van der Waals surface area contributed by atoms with Gasteiger partial charge in [-0.15, -0.1) is 0 Å². The number of aromatic nitrogens is 2. The number of rotatable bonds is 4. The Morgan fingerprint density at radius 2 is 2.04 bits per heavy atom. The van der Waals surface area contributed by atoms with Gasteiger partial charge in [0.15, 0.2) is 0 Å². The summed E-state index contributed by atoms with van der Waals surface area (Å²) >= 11 is 0. The van der Waals surface area contributed by atoms with Crippen LogP contribution in [-0.2, 0) is 6.54 Å². The maximum atomic E-state index is 12.1. The van der Waals surface area contributed by atoms with E-state index in [0.717, 1.165) is 43.9 Å². The van der Waals surface area contributed by atoms with Crippen LogP contribution in [0.1, 0.15) is 24.2 Å². The van der Waals surface area contributed by atoms with E-state index >= 15 is 0 Å². The molecule has 2 aromatic rings. The third-order valence-electron chi connectivity index (χ3n) is 4.16. The lowest BCUT2D eigenvalue weighted by Gasteiger charge is -2.32. The maximum absolute atomic E-state index is 12.1. The molecule has 2 aromatic heterocycles. The van der Waals surface area contributed by atoms with Crippen molar-refractivity contribution in [3.05, 3.63) is 54.0 Å². The van der Waals surface area contributed by atoms with Gasteiger partial charge in [0.05, 0.1) is 5.69 Å². The predicted molar refractivity (Wildman–Crippen MR) is 93.7 cm³/mol. The first-order chi connectivity index (χ1) is 11.7. The summed E-state index contributed by atoms with van der Waals surface area (Å²) in [5, 5.41) is 5.84. The van der Waals surface area contributed by atoms with Crippen LogP contribution in [-0.4, -0.2) is 40.0 Å². The highest BCUT2D eigenvalue weighted by Crippen LogP contribution is 2.13. The van der Waals surface area contributed by atoms with Crippen molar-refractivity contribution in [1.29, 1.82) is 0 Å². The summed E-state index contributed by atoms with van der Waals surface area (Å²) in [4.78, 5) is 23.1. The minimum Gasteiger partial charge on any atom is -0.335 e. The van der Waals surface area contributed by atoms with Crippen LogP contribution in [0.5, 0.6) is 0 Å². The minimum atomic E-state index is -0.184. The molecule has 1 aliphatic rings. The number of amides is 2. The summed E-state index contributed by atoms with van der Waals surface area (Å²) in [6, 6.07) is 11.6. The first-order valence-electron chi connectivity index (χ1n) is 8.32. The average Bonchev–Trinajstić information content (AvgIpc) is 2.57. The smallest absolute Gasteiger partial charge is 0.320 e. The molecule has 24 heavy (non-hydrogen) atoms. The SMILES string of the molecule is Cc1cccc(NC(=O)NC2CCN(Cc3ccccn3)CC2)n1. The molecule has 2 N–H and O–H groups in total. The van der Waals surface area contributed by atoms with Crippen molar-refractivity contribution in [3.63, 3.8) is 0 Å². The van der Waals surface area contributed by atoms with Gasteiger partial charge in [-0.25, -0.2) is 9.78 Å². The standard InChI is InChI=1S/C18H23N5O/c1-14-5-4-7-17(20-14)22-18(24)21-15-8-11-23(12-9-15)13-16-6-2-3-10-19-16/h2-7,10,15H,8-9,11-13H2,1H3,(H2,20,21,22,24). The van der Waals surface area contributed by atoms with Crippen LogP contribution in [0.4, 0.5) is 10.6 Å². The minimum absolute atomic E-state index is 0.184. The number of urea groups is 1. The Kier molecular flexibility index (Phi) is 5.38. The molecule has 3 heterocycles. The van der Waals surface area contributed by atoms with Gasteiger partial charge in [-0.2, -0.15) is 0 Å². The van der Waals surface area contributed by atoms with Gasteiger partial charge in [-0.1, -0.05) is 12.1 Å². The van der Waals surface area contributed by atoms with E-state index in [1.54, 1.807) is 6.07 Å². The molecule has 0 aliphatic carbocycles. The highest BCUT2D eigenvalue weighted by molar-refractivity contribution is 5.88. The number of likely N-dealkylation sites (tertiary alicyclic amines) is 1. The highest BCUT2D eigenvalue weighted by Gasteiger charge is 2.21. The zero-order chi connectivity index (χ0) is 16.8. The second-order valence-corrected chi connectivity index (χ2v) is 6.13. The monoisotopic (exact) mass is 325 g/mol. The van der Waals surface area contributed by atoms with Crippen LogP contribution >= 0.6 is 0 Å². The number of nitrogens with one attached hydrogen (secondary N) is 2. The molecule has 0 aromatic carbocycles. The van der Waals surface area contributed by atoms with Crippen molar-refractivity contribution in [2.45, 2.75) is 32.4 Å². The normalized spacial score (nSPS) is 15.9. The van der Waals surface area contributed by atoms with Crippen molar-refractivity contribution in [2.24, 2.45) is 0 Å². The van der Waals surface area contributed by atoms with Gasteiger partial charge in [-0.05, 0) is 44.0 Å². The fourth-order valence-corrected chi connectivity index (χ4v) is 2.91. The summed E-state index contributed by atoms with van der Waals surface area (Å²) < 4.78 is 0. The highest BCUT2D eigenvalue weighted by atomic mass is 16.2. The lowest BCUT2D eigenvalue weighted by molar-refractivity contribution is 0.188. The summed E-state index contributed by atoms with van der Waals surface area (Å²) in [7, 11) is 0. The molecular formula is C18H23N5O. The van der Waals surface area contributed by atoms with Gasteiger partial charge in [0.2, 0.25) is 0 Å². The Labute approximate surface area is 142 Å². The second-order valence-electron chi connectivity index (χ2n) is 6.13. The molecule has 0 bridgehead atoms. The van der Waals surface area contributed by atoms with E-state index in [4.69, 9.17) is 0 Å². The van der Waals surface area contributed by atoms with E-state index in [2.05, 4.69) is 25.5 Å². The van der Waals surface area contributed by atoms with Crippen molar-refractivity contribution in [3.8, 4) is 0 Å². The first kappa shape index (κ1) is 16.4. The number of carbonyl (C=O) groups excluding carboxylic acids is 1. The number of nitrogens with zero attached hydrogens (tertiary/aromatic N) is 3. The summed E-state index contributed by atoms with van der Waals surface area (Å²) in [5.74, 6) is 0.583. The second kappa shape index (κ2) is 7.88. The molecule has 1 fully saturated rings. The van der Waals surface area contributed by atoms with Gasteiger partial charge in [-0.3, -0.25) is 15.2 Å². The third kappa shape index (κ3) is 4.76. The zero-order valence-corrected chi connectivity index (χ0v) is 13.9. The molecule has 1 aliphatic heterocycles. The molecule has 0 unspecified atom stereocenters. The molecule has 1 saturated heterocycles. The van der Waals surface area contributed by atoms with Gasteiger partial charge in [0, 0.05) is 37.6 Å². The van der Waals surface area contributed by atoms with Gasteiger partial charge in [0.1, 0.15) is 5.82 Å². The predicted octanol–water partition coefficient (Wildman–Crippen LogP) is 2.57. The van der Waals surface area contributed by atoms with E-state index in [1.165, 1.54) is 0 Å². The Morgan fingerprint density at radius 3 is 2.75 bits per heavy atom. The van der Waals surface area contributed by atoms with Crippen molar-refractivity contribution < 1.29 is 4.79 Å². The number of aryl methyl sites for hydroxylation is 1. The Balaban J connectivity index is 1.42. The van der Waals surface area contributed by atoms with E-state index in [0.29, 0.717) is 5.82 Å². The van der Waals surface area contributed by atoms with Crippen molar-refractivity contribution in [2.75, 3.05) is 18.4 Å².